The lowest BCUT2D eigenvalue weighted by atomic mass is 9.68. The largest absolute Gasteiger partial charge is 0.480 e. The average molecular weight is 479 g/mol. The van der Waals surface area contributed by atoms with Crippen LogP contribution in [0.15, 0.2) is 121 Å². The van der Waals surface area contributed by atoms with E-state index >= 15 is 0 Å². The highest BCUT2D eigenvalue weighted by Gasteiger charge is 2.44. The molecule has 0 heterocycles. The summed E-state index contributed by atoms with van der Waals surface area (Å²) in [6, 6.07) is 37.2. The Balaban J connectivity index is 1.67. The van der Waals surface area contributed by atoms with Gasteiger partial charge in [-0.3, -0.25) is 9.59 Å². The predicted octanol–water partition coefficient (Wildman–Crippen LogP) is 6.69. The molecule has 0 aromatic heterocycles. The molecular formula is C32H30O4. The van der Waals surface area contributed by atoms with Crippen LogP contribution in [0.2, 0.25) is 0 Å². The Morgan fingerprint density at radius 2 is 0.667 bits per heavy atom. The number of benzene rings is 4. The van der Waals surface area contributed by atoms with E-state index in [9.17, 15) is 19.8 Å². The van der Waals surface area contributed by atoms with Crippen LogP contribution in [0.4, 0.5) is 0 Å². The van der Waals surface area contributed by atoms with Gasteiger partial charge < -0.3 is 10.2 Å². The maximum atomic E-state index is 12.9. The molecule has 2 N–H and O–H groups in total. The minimum atomic E-state index is -1.21. The molecule has 4 nitrogen and oxygen atoms in total. The summed E-state index contributed by atoms with van der Waals surface area (Å²) in [6.07, 6.45) is 1.81. The fraction of sp³-hybridized carbons (Fsp3) is 0.188. The third-order valence-corrected chi connectivity index (χ3v) is 7.15. The monoisotopic (exact) mass is 478 g/mol. The molecule has 0 aliphatic carbocycles. The van der Waals surface area contributed by atoms with Crippen LogP contribution in [0.5, 0.6) is 0 Å². The normalized spacial score (nSPS) is 11.7. The molecular weight excluding hydrogens is 448 g/mol. The van der Waals surface area contributed by atoms with Crippen molar-refractivity contribution >= 4 is 11.9 Å². The minimum Gasteiger partial charge on any atom is -0.480 e. The number of carbonyl (C=O) groups is 2. The summed E-state index contributed by atoms with van der Waals surface area (Å²) in [7, 11) is 0. The first-order valence-corrected chi connectivity index (χ1v) is 12.2. The molecule has 4 heteroatoms. The first-order chi connectivity index (χ1) is 17.5. The molecule has 4 rings (SSSR count). The van der Waals surface area contributed by atoms with Crippen LogP contribution >= 0.6 is 0 Å². The number of carboxylic acid groups (broad SMARTS) is 2. The van der Waals surface area contributed by atoms with E-state index in [1.807, 2.05) is 121 Å². The second-order valence-corrected chi connectivity index (χ2v) is 9.09. The first-order valence-electron chi connectivity index (χ1n) is 12.2. The Hall–Kier alpha value is -4.18. The SMILES string of the molecule is O=C(O)C(CCCCC(C(=O)O)(c1ccccc1)c1ccccc1)(c1ccccc1)c1ccccc1. The number of carboxylic acids is 2. The zero-order valence-corrected chi connectivity index (χ0v) is 20.1. The van der Waals surface area contributed by atoms with E-state index in [-0.39, 0.29) is 0 Å². The van der Waals surface area contributed by atoms with Crippen molar-refractivity contribution in [3.8, 4) is 0 Å². The smallest absolute Gasteiger partial charge is 0.318 e. The Bertz CT molecular complexity index is 1090. The van der Waals surface area contributed by atoms with E-state index in [1.54, 1.807) is 0 Å². The van der Waals surface area contributed by atoms with Crippen LogP contribution in [-0.2, 0) is 20.4 Å². The predicted molar refractivity (Wildman–Crippen MR) is 141 cm³/mol. The lowest BCUT2D eigenvalue weighted by Crippen LogP contribution is -2.38. The quantitative estimate of drug-likeness (QED) is 0.236. The summed E-state index contributed by atoms with van der Waals surface area (Å²) < 4.78 is 0. The van der Waals surface area contributed by atoms with E-state index in [2.05, 4.69) is 0 Å². The third kappa shape index (κ3) is 4.67. The molecule has 0 saturated carbocycles. The van der Waals surface area contributed by atoms with Gasteiger partial charge in [0.05, 0.1) is 0 Å². The van der Waals surface area contributed by atoms with Crippen LogP contribution in [-0.4, -0.2) is 22.2 Å². The maximum Gasteiger partial charge on any atom is 0.318 e. The van der Waals surface area contributed by atoms with Gasteiger partial charge in [-0.15, -0.1) is 0 Å². The van der Waals surface area contributed by atoms with E-state index in [0.717, 1.165) is 22.3 Å². The van der Waals surface area contributed by atoms with Crippen molar-refractivity contribution in [2.75, 3.05) is 0 Å². The van der Waals surface area contributed by atoms with Gasteiger partial charge in [-0.1, -0.05) is 134 Å². The van der Waals surface area contributed by atoms with Crippen molar-refractivity contribution in [1.29, 1.82) is 0 Å². The fourth-order valence-electron chi connectivity index (χ4n) is 5.29. The Kier molecular flexibility index (Phi) is 7.65. The van der Waals surface area contributed by atoms with Crippen molar-refractivity contribution in [3.63, 3.8) is 0 Å². The summed E-state index contributed by atoms with van der Waals surface area (Å²) in [5, 5.41) is 21.1. The molecule has 4 aromatic carbocycles. The van der Waals surface area contributed by atoms with Gasteiger partial charge in [0.15, 0.2) is 0 Å². The zero-order valence-electron chi connectivity index (χ0n) is 20.1. The lowest BCUT2D eigenvalue weighted by molar-refractivity contribution is -0.144. The average Bonchev–Trinajstić information content (AvgIpc) is 2.93. The summed E-state index contributed by atoms with van der Waals surface area (Å²) in [5.74, 6) is -1.81. The molecule has 0 aliphatic heterocycles. The van der Waals surface area contributed by atoms with Crippen molar-refractivity contribution < 1.29 is 19.8 Å². The molecule has 0 saturated heterocycles. The molecule has 0 bridgehead atoms. The van der Waals surface area contributed by atoms with Crippen LogP contribution in [0.3, 0.4) is 0 Å². The number of hydrogen-bond donors (Lipinski definition) is 2. The highest BCUT2D eigenvalue weighted by atomic mass is 16.4. The van der Waals surface area contributed by atoms with Gasteiger partial charge in [-0.25, -0.2) is 0 Å². The molecule has 36 heavy (non-hydrogen) atoms. The van der Waals surface area contributed by atoms with Gasteiger partial charge >= 0.3 is 11.9 Å². The van der Waals surface area contributed by atoms with Crippen molar-refractivity contribution in [3.05, 3.63) is 144 Å². The standard InChI is InChI=1S/C32H30O4/c33-29(34)31(25-15-5-1-6-16-25,26-17-7-2-8-18-26)23-13-14-24-32(30(35)36,27-19-9-3-10-20-27)28-21-11-4-12-22-28/h1-12,15-22H,13-14,23-24H2,(H,33,34)(H,35,36). The van der Waals surface area contributed by atoms with Gasteiger partial charge in [-0.2, -0.15) is 0 Å². The van der Waals surface area contributed by atoms with Crippen molar-refractivity contribution in [2.45, 2.75) is 36.5 Å². The molecule has 0 unspecified atom stereocenters. The Morgan fingerprint density at radius 1 is 0.444 bits per heavy atom. The van der Waals surface area contributed by atoms with E-state index in [0.29, 0.717) is 25.7 Å². The zero-order chi connectivity index (χ0) is 25.4. The van der Waals surface area contributed by atoms with E-state index in [4.69, 9.17) is 0 Å². The minimum absolute atomic E-state index is 0.357. The molecule has 0 aliphatic rings. The van der Waals surface area contributed by atoms with Gasteiger partial charge in [0.1, 0.15) is 10.8 Å². The summed E-state index contributed by atoms with van der Waals surface area (Å²) >= 11 is 0. The van der Waals surface area contributed by atoms with Gasteiger partial charge in [-0.05, 0) is 35.1 Å². The highest BCUT2D eigenvalue weighted by Crippen LogP contribution is 2.41. The summed E-state index contributed by atoms with van der Waals surface area (Å²) in [4.78, 5) is 25.7. The van der Waals surface area contributed by atoms with Crippen LogP contribution < -0.4 is 0 Å². The van der Waals surface area contributed by atoms with Gasteiger partial charge in [0.25, 0.3) is 0 Å². The first kappa shape index (κ1) is 24.9. The Labute approximate surface area is 211 Å². The molecule has 0 amide bonds. The van der Waals surface area contributed by atoms with Gasteiger partial charge in [0, 0.05) is 0 Å². The van der Waals surface area contributed by atoms with Gasteiger partial charge in [0.2, 0.25) is 0 Å². The summed E-state index contributed by atoms with van der Waals surface area (Å²) in [5.41, 5.74) is 0.458. The number of rotatable bonds is 11. The van der Waals surface area contributed by atoms with Crippen LogP contribution in [0, 0.1) is 0 Å². The van der Waals surface area contributed by atoms with Crippen molar-refractivity contribution in [2.24, 2.45) is 0 Å². The second-order valence-electron chi connectivity index (χ2n) is 9.09. The number of unbranched alkanes of at least 4 members (excludes halogenated alkanes) is 1. The molecule has 182 valence electrons. The third-order valence-electron chi connectivity index (χ3n) is 7.15. The molecule has 0 radical (unpaired) electrons. The lowest BCUT2D eigenvalue weighted by Gasteiger charge is -2.33. The van der Waals surface area contributed by atoms with E-state index < -0.39 is 22.8 Å². The van der Waals surface area contributed by atoms with E-state index in [1.165, 1.54) is 0 Å². The molecule has 4 aromatic rings. The van der Waals surface area contributed by atoms with Crippen LogP contribution in [0.25, 0.3) is 0 Å². The highest BCUT2D eigenvalue weighted by molar-refractivity contribution is 5.87. The fourth-order valence-corrected chi connectivity index (χ4v) is 5.29. The molecule has 0 atom stereocenters. The second kappa shape index (κ2) is 11.0. The topological polar surface area (TPSA) is 74.6 Å². The van der Waals surface area contributed by atoms with Crippen molar-refractivity contribution in [1.82, 2.24) is 0 Å². The summed E-state index contributed by atoms with van der Waals surface area (Å²) in [6.45, 7) is 0. The maximum absolute atomic E-state index is 12.9. The number of aliphatic carboxylic acids is 2. The molecule has 0 spiro atoms. The number of hydrogen-bond acceptors (Lipinski definition) is 2. The molecule has 0 fully saturated rings. The Morgan fingerprint density at radius 3 is 0.861 bits per heavy atom. The van der Waals surface area contributed by atoms with Crippen LogP contribution in [0.1, 0.15) is 47.9 Å².